The second kappa shape index (κ2) is 7.80. The van der Waals surface area contributed by atoms with Gasteiger partial charge in [-0.15, -0.1) is 0 Å². The molecule has 2 nitrogen and oxygen atoms in total. The summed E-state index contributed by atoms with van der Waals surface area (Å²) in [7, 11) is 0. The van der Waals surface area contributed by atoms with Crippen molar-refractivity contribution in [2.45, 2.75) is 32.2 Å². The molecule has 0 atom stereocenters. The van der Waals surface area contributed by atoms with Crippen molar-refractivity contribution < 1.29 is 9.13 Å². The number of nitrogens with two attached hydrogens (primary N) is 1. The maximum absolute atomic E-state index is 12.8. The molecule has 2 rings (SSSR count). The van der Waals surface area contributed by atoms with Gasteiger partial charge < -0.3 is 10.5 Å². The van der Waals surface area contributed by atoms with Crippen LogP contribution in [0.2, 0.25) is 0 Å². The van der Waals surface area contributed by atoms with E-state index in [1.807, 2.05) is 24.3 Å². The average Bonchev–Trinajstić information content (AvgIpc) is 2.60. The maximum atomic E-state index is 12.8. The Balaban J connectivity index is 1.99. The molecule has 0 saturated carbocycles. The molecule has 0 radical (unpaired) electrons. The third kappa shape index (κ3) is 5.12. The Labute approximate surface area is 137 Å². The highest BCUT2D eigenvalue weighted by atomic mass is 19.1. The summed E-state index contributed by atoms with van der Waals surface area (Å²) < 4.78 is 18.6. The predicted molar refractivity (Wildman–Crippen MR) is 91.8 cm³/mol. The molecule has 0 aliphatic heterocycles. The largest absolute Gasteiger partial charge is 0.492 e. The Kier molecular flexibility index (Phi) is 5.78. The molecule has 0 amide bonds. The molecule has 0 unspecified atom stereocenters. The van der Waals surface area contributed by atoms with E-state index < -0.39 is 0 Å². The molecule has 0 saturated heterocycles. The lowest BCUT2D eigenvalue weighted by molar-refractivity contribution is 0.207. The van der Waals surface area contributed by atoms with Gasteiger partial charge in [-0.05, 0) is 61.4 Å². The predicted octanol–water partition coefficient (Wildman–Crippen LogP) is 4.12. The zero-order valence-electron chi connectivity index (χ0n) is 13.6. The highest BCUT2D eigenvalue weighted by molar-refractivity contribution is 5.44. The fourth-order valence-corrected chi connectivity index (χ4v) is 1.99. The second-order valence-electron chi connectivity index (χ2n) is 5.64. The van der Waals surface area contributed by atoms with Gasteiger partial charge in [-0.25, -0.2) is 4.39 Å². The molecule has 0 aromatic heterocycles. The van der Waals surface area contributed by atoms with Gasteiger partial charge in [0.1, 0.15) is 18.2 Å². The van der Waals surface area contributed by atoms with Crippen molar-refractivity contribution in [2.24, 2.45) is 5.73 Å². The molecule has 0 bridgehead atoms. The normalized spacial score (nSPS) is 10.8. The van der Waals surface area contributed by atoms with Crippen LogP contribution in [-0.2, 0) is 0 Å². The van der Waals surface area contributed by atoms with Crippen molar-refractivity contribution in [1.82, 2.24) is 0 Å². The summed E-state index contributed by atoms with van der Waals surface area (Å²) in [5, 5.41) is 0. The molecule has 2 aromatic rings. The summed E-state index contributed by atoms with van der Waals surface area (Å²) in [6.07, 6.45) is 1.76. The van der Waals surface area contributed by atoms with Gasteiger partial charge in [0, 0.05) is 16.7 Å². The summed E-state index contributed by atoms with van der Waals surface area (Å²) >= 11 is 0. The first-order chi connectivity index (χ1) is 11.0. The third-order valence-corrected chi connectivity index (χ3v) is 3.98. The van der Waals surface area contributed by atoms with E-state index in [2.05, 4.69) is 25.7 Å². The summed E-state index contributed by atoms with van der Waals surface area (Å²) in [4.78, 5) is 0. The summed E-state index contributed by atoms with van der Waals surface area (Å²) in [6, 6.07) is 13.7. The molecule has 0 heterocycles. The zero-order chi connectivity index (χ0) is 16.7. The van der Waals surface area contributed by atoms with Gasteiger partial charge in [-0.2, -0.15) is 0 Å². The smallest absolute Gasteiger partial charge is 0.123 e. The first-order valence-electron chi connectivity index (χ1n) is 7.84. The van der Waals surface area contributed by atoms with Crippen LogP contribution < -0.4 is 10.5 Å². The Bertz CT molecular complexity index is 676. The van der Waals surface area contributed by atoms with Crippen molar-refractivity contribution in [3.05, 3.63) is 65.5 Å². The van der Waals surface area contributed by atoms with Crippen LogP contribution in [0, 0.1) is 17.7 Å². The van der Waals surface area contributed by atoms with Crippen LogP contribution in [0.3, 0.4) is 0 Å². The number of hydrogen-bond donors (Lipinski definition) is 1. The maximum Gasteiger partial charge on any atom is 0.123 e. The molecule has 2 N–H and O–H groups in total. The van der Waals surface area contributed by atoms with Crippen molar-refractivity contribution in [3.8, 4) is 17.6 Å². The Hall–Kier alpha value is -2.31. The first-order valence-corrected chi connectivity index (χ1v) is 7.84. The first kappa shape index (κ1) is 17.1. The van der Waals surface area contributed by atoms with Gasteiger partial charge >= 0.3 is 0 Å². The topological polar surface area (TPSA) is 35.2 Å². The minimum absolute atomic E-state index is 0.257. The monoisotopic (exact) mass is 311 g/mol. The van der Waals surface area contributed by atoms with E-state index in [-0.39, 0.29) is 11.4 Å². The molecule has 23 heavy (non-hydrogen) atoms. The lowest BCUT2D eigenvalue weighted by Crippen LogP contribution is -2.44. The van der Waals surface area contributed by atoms with E-state index in [1.54, 1.807) is 12.1 Å². The van der Waals surface area contributed by atoms with Crippen molar-refractivity contribution in [1.29, 1.82) is 0 Å². The lowest BCUT2D eigenvalue weighted by Gasteiger charge is -2.26. The van der Waals surface area contributed by atoms with Crippen LogP contribution in [-0.4, -0.2) is 12.1 Å². The summed E-state index contributed by atoms with van der Waals surface area (Å²) in [5.41, 5.74) is 7.61. The van der Waals surface area contributed by atoms with E-state index in [4.69, 9.17) is 10.5 Å². The molecular weight excluding hydrogens is 289 g/mol. The minimum atomic E-state index is -0.277. The molecule has 0 spiro atoms. The van der Waals surface area contributed by atoms with Crippen molar-refractivity contribution in [2.75, 3.05) is 6.61 Å². The van der Waals surface area contributed by atoms with Gasteiger partial charge in [-0.1, -0.05) is 25.7 Å². The SMILES string of the molecule is CCC(N)(CC)COc1ccc(C#Cc2ccc(F)cc2)cc1. The van der Waals surface area contributed by atoms with Gasteiger partial charge in [0.2, 0.25) is 0 Å². The van der Waals surface area contributed by atoms with Crippen LogP contribution >= 0.6 is 0 Å². The second-order valence-corrected chi connectivity index (χ2v) is 5.64. The van der Waals surface area contributed by atoms with Crippen molar-refractivity contribution in [3.63, 3.8) is 0 Å². The molecular formula is C20H22FNO. The molecule has 0 fully saturated rings. The van der Waals surface area contributed by atoms with E-state index >= 15 is 0 Å². The van der Waals surface area contributed by atoms with Gasteiger partial charge in [0.15, 0.2) is 0 Å². The van der Waals surface area contributed by atoms with E-state index in [0.29, 0.717) is 6.61 Å². The van der Waals surface area contributed by atoms with Crippen molar-refractivity contribution >= 4 is 0 Å². The highest BCUT2D eigenvalue weighted by Gasteiger charge is 2.20. The summed E-state index contributed by atoms with van der Waals surface area (Å²) in [5.74, 6) is 6.58. The van der Waals surface area contributed by atoms with Crippen LogP contribution in [0.25, 0.3) is 0 Å². The minimum Gasteiger partial charge on any atom is -0.492 e. The average molecular weight is 311 g/mol. The molecule has 0 aliphatic rings. The van der Waals surface area contributed by atoms with Crippen LogP contribution in [0.1, 0.15) is 37.8 Å². The Morgan fingerprint density at radius 1 is 0.913 bits per heavy atom. The fourth-order valence-electron chi connectivity index (χ4n) is 1.99. The number of halogens is 1. The van der Waals surface area contributed by atoms with Gasteiger partial charge in [0.25, 0.3) is 0 Å². The van der Waals surface area contributed by atoms with Crippen LogP contribution in [0.5, 0.6) is 5.75 Å². The number of rotatable bonds is 5. The lowest BCUT2D eigenvalue weighted by atomic mass is 9.96. The number of hydrogen-bond acceptors (Lipinski definition) is 2. The summed E-state index contributed by atoms with van der Waals surface area (Å²) in [6.45, 7) is 4.64. The van der Waals surface area contributed by atoms with Crippen LogP contribution in [0.15, 0.2) is 48.5 Å². The van der Waals surface area contributed by atoms with E-state index in [0.717, 1.165) is 29.7 Å². The van der Waals surface area contributed by atoms with E-state index in [9.17, 15) is 4.39 Å². The van der Waals surface area contributed by atoms with Crippen LogP contribution in [0.4, 0.5) is 4.39 Å². The third-order valence-electron chi connectivity index (χ3n) is 3.98. The standard InChI is InChI=1S/C20H22FNO/c1-3-20(22,4-2)15-23-19-13-9-17(10-14-19)6-5-16-7-11-18(21)12-8-16/h7-14H,3-4,15,22H2,1-2H3. The number of benzene rings is 2. The quantitative estimate of drug-likeness (QED) is 0.843. The number of ether oxygens (including phenoxy) is 1. The Morgan fingerprint density at radius 3 is 1.87 bits per heavy atom. The van der Waals surface area contributed by atoms with Gasteiger partial charge in [-0.3, -0.25) is 0 Å². The fraction of sp³-hybridized carbons (Fsp3) is 0.300. The highest BCUT2D eigenvalue weighted by Crippen LogP contribution is 2.17. The van der Waals surface area contributed by atoms with Gasteiger partial charge in [0.05, 0.1) is 0 Å². The van der Waals surface area contributed by atoms with E-state index in [1.165, 1.54) is 12.1 Å². The molecule has 3 heteroatoms. The molecule has 120 valence electrons. The molecule has 2 aromatic carbocycles. The zero-order valence-corrected chi connectivity index (χ0v) is 13.6. The molecule has 0 aliphatic carbocycles. The Morgan fingerprint density at radius 2 is 1.39 bits per heavy atom.